The molecule has 0 bridgehead atoms. The molecular formula is C29H24N8O. The Morgan fingerprint density at radius 2 is 1.82 bits per heavy atom. The summed E-state index contributed by atoms with van der Waals surface area (Å²) in [5, 5.41) is 11.4. The number of para-hydroxylation sites is 1. The molecule has 6 aromatic rings. The van der Waals surface area contributed by atoms with Gasteiger partial charge < -0.3 is 10.3 Å². The monoisotopic (exact) mass is 500 g/mol. The van der Waals surface area contributed by atoms with E-state index in [1.165, 1.54) is 0 Å². The molecule has 7 rings (SSSR count). The number of nitrogens with one attached hydrogen (secondary N) is 3. The lowest BCUT2D eigenvalue weighted by molar-refractivity contribution is -0.123. The number of amides is 1. The van der Waals surface area contributed by atoms with Crippen molar-refractivity contribution in [3.8, 4) is 33.8 Å². The normalized spacial score (nSPS) is 17.0. The van der Waals surface area contributed by atoms with Gasteiger partial charge in [-0.15, -0.1) is 0 Å². The smallest absolute Gasteiger partial charge is 0.227 e. The van der Waals surface area contributed by atoms with Crippen LogP contribution >= 0.6 is 0 Å². The lowest BCUT2D eigenvalue weighted by Gasteiger charge is -2.31. The maximum atomic E-state index is 12.5. The molecule has 1 amide bonds. The molecule has 9 heteroatoms. The summed E-state index contributed by atoms with van der Waals surface area (Å²) in [6, 6.07) is 14.0. The van der Waals surface area contributed by atoms with Gasteiger partial charge in [0, 0.05) is 47.4 Å². The number of aromatic nitrogens is 7. The van der Waals surface area contributed by atoms with Gasteiger partial charge in [0.25, 0.3) is 0 Å². The van der Waals surface area contributed by atoms with Gasteiger partial charge in [-0.2, -0.15) is 5.10 Å². The molecule has 3 N–H and O–H groups in total. The number of pyridine rings is 3. The summed E-state index contributed by atoms with van der Waals surface area (Å²) in [5.41, 5.74) is 7.62. The first-order valence-electron chi connectivity index (χ1n) is 12.6. The van der Waals surface area contributed by atoms with Gasteiger partial charge in [0.15, 0.2) is 11.5 Å². The fourth-order valence-electron chi connectivity index (χ4n) is 5.18. The van der Waals surface area contributed by atoms with Gasteiger partial charge in [0.05, 0.1) is 28.3 Å². The Morgan fingerprint density at radius 3 is 2.66 bits per heavy atom. The van der Waals surface area contributed by atoms with Gasteiger partial charge in [0.2, 0.25) is 5.91 Å². The zero-order chi connectivity index (χ0) is 25.6. The van der Waals surface area contributed by atoms with Crippen LogP contribution < -0.4 is 5.32 Å². The predicted molar refractivity (Wildman–Crippen MR) is 146 cm³/mol. The van der Waals surface area contributed by atoms with Crippen molar-refractivity contribution in [3.05, 3.63) is 73.4 Å². The van der Waals surface area contributed by atoms with Crippen molar-refractivity contribution in [1.82, 2.24) is 35.1 Å². The topological polar surface area (TPSA) is 125 Å². The van der Waals surface area contributed by atoms with Crippen LogP contribution in [0.3, 0.4) is 0 Å². The van der Waals surface area contributed by atoms with Crippen molar-refractivity contribution in [1.29, 1.82) is 0 Å². The maximum absolute atomic E-state index is 12.5. The van der Waals surface area contributed by atoms with Gasteiger partial charge in [-0.3, -0.25) is 19.9 Å². The highest BCUT2D eigenvalue weighted by Gasteiger charge is 2.31. The molecule has 0 saturated heterocycles. The van der Waals surface area contributed by atoms with E-state index in [4.69, 9.17) is 4.98 Å². The Hall–Kier alpha value is -4.92. The van der Waals surface area contributed by atoms with Gasteiger partial charge in [-0.05, 0) is 54.7 Å². The second-order valence-electron chi connectivity index (χ2n) is 9.94. The third-order valence-electron chi connectivity index (χ3n) is 7.23. The van der Waals surface area contributed by atoms with E-state index in [1.54, 1.807) is 31.0 Å². The number of carbonyl (C=O) groups is 1. The lowest BCUT2D eigenvalue weighted by atomic mass is 9.75. The number of fused-ring (bicyclic) bond motifs is 2. The van der Waals surface area contributed by atoms with Crippen molar-refractivity contribution >= 4 is 33.7 Å². The summed E-state index contributed by atoms with van der Waals surface area (Å²) < 4.78 is 0. The number of hydrogen-bond acceptors (Lipinski definition) is 6. The van der Waals surface area contributed by atoms with Crippen LogP contribution in [0.5, 0.6) is 0 Å². The van der Waals surface area contributed by atoms with Gasteiger partial charge in [-0.25, -0.2) is 9.97 Å². The average Bonchev–Trinajstić information content (AvgIpc) is 3.55. The molecule has 0 atom stereocenters. The van der Waals surface area contributed by atoms with Crippen LogP contribution in [-0.2, 0) is 4.79 Å². The number of carbonyl (C=O) groups excluding carboxylic acids is 1. The molecule has 1 saturated carbocycles. The molecule has 1 aromatic carbocycles. The first-order valence-corrected chi connectivity index (χ1v) is 12.6. The highest BCUT2D eigenvalue weighted by molar-refractivity contribution is 5.97. The highest BCUT2D eigenvalue weighted by Crippen LogP contribution is 2.35. The third-order valence-corrected chi connectivity index (χ3v) is 7.23. The van der Waals surface area contributed by atoms with Crippen molar-refractivity contribution in [2.75, 3.05) is 5.32 Å². The molecule has 38 heavy (non-hydrogen) atoms. The van der Waals surface area contributed by atoms with Crippen LogP contribution in [0.15, 0.2) is 73.4 Å². The van der Waals surface area contributed by atoms with Crippen molar-refractivity contribution in [3.63, 3.8) is 0 Å². The maximum Gasteiger partial charge on any atom is 0.227 e. The molecule has 1 aliphatic rings. The zero-order valence-corrected chi connectivity index (χ0v) is 20.6. The lowest BCUT2D eigenvalue weighted by Crippen LogP contribution is -2.33. The summed E-state index contributed by atoms with van der Waals surface area (Å²) in [7, 11) is 0. The first kappa shape index (κ1) is 22.3. The minimum atomic E-state index is 0.0590. The van der Waals surface area contributed by atoms with E-state index in [-0.39, 0.29) is 11.8 Å². The molecule has 186 valence electrons. The van der Waals surface area contributed by atoms with Crippen molar-refractivity contribution in [2.45, 2.75) is 19.8 Å². The van der Waals surface area contributed by atoms with E-state index in [0.29, 0.717) is 23.1 Å². The van der Waals surface area contributed by atoms with Crippen molar-refractivity contribution in [2.24, 2.45) is 11.8 Å². The summed E-state index contributed by atoms with van der Waals surface area (Å²) in [6.45, 7) is 2.17. The molecule has 5 aromatic heterocycles. The number of rotatable bonds is 5. The Bertz CT molecular complexity index is 1800. The molecule has 0 unspecified atom stereocenters. The van der Waals surface area contributed by atoms with Crippen LogP contribution in [-0.4, -0.2) is 41.0 Å². The Balaban J connectivity index is 1.24. The first-order chi connectivity index (χ1) is 18.6. The summed E-state index contributed by atoms with van der Waals surface area (Å²) in [5.74, 6) is 1.44. The van der Waals surface area contributed by atoms with E-state index in [9.17, 15) is 4.79 Å². The Kier molecular flexibility index (Phi) is 5.21. The fourth-order valence-corrected chi connectivity index (χ4v) is 5.18. The predicted octanol–water partition coefficient (Wildman–Crippen LogP) is 5.61. The molecule has 1 aliphatic carbocycles. The summed E-state index contributed by atoms with van der Waals surface area (Å²) in [6.07, 6.45) is 10.6. The molecule has 0 radical (unpaired) electrons. The van der Waals surface area contributed by atoms with Gasteiger partial charge >= 0.3 is 0 Å². The molecule has 9 nitrogen and oxygen atoms in total. The number of nitrogens with zero attached hydrogens (tertiary/aromatic N) is 5. The number of hydrogen-bond donors (Lipinski definition) is 3. The van der Waals surface area contributed by atoms with E-state index in [0.717, 1.165) is 57.2 Å². The molecular weight excluding hydrogens is 476 g/mol. The quantitative estimate of drug-likeness (QED) is 0.283. The highest BCUT2D eigenvalue weighted by atomic mass is 16.1. The Morgan fingerprint density at radius 1 is 0.974 bits per heavy atom. The van der Waals surface area contributed by atoms with Crippen LogP contribution in [0.25, 0.3) is 55.8 Å². The Labute approximate surface area is 217 Å². The van der Waals surface area contributed by atoms with Crippen LogP contribution in [0, 0.1) is 11.8 Å². The van der Waals surface area contributed by atoms with Crippen LogP contribution in [0.2, 0.25) is 0 Å². The molecule has 5 heterocycles. The van der Waals surface area contributed by atoms with Gasteiger partial charge in [-0.1, -0.05) is 19.1 Å². The van der Waals surface area contributed by atoms with Crippen molar-refractivity contribution < 1.29 is 4.79 Å². The molecule has 0 spiro atoms. The number of benzene rings is 1. The van der Waals surface area contributed by atoms with Crippen LogP contribution in [0.1, 0.15) is 19.8 Å². The van der Waals surface area contributed by atoms with Gasteiger partial charge in [0.1, 0.15) is 5.69 Å². The number of aromatic amines is 2. The summed E-state index contributed by atoms with van der Waals surface area (Å²) >= 11 is 0. The van der Waals surface area contributed by atoms with E-state index >= 15 is 0 Å². The molecule has 1 fully saturated rings. The molecule has 0 aliphatic heterocycles. The largest absolute Gasteiger partial charge is 0.337 e. The SMILES string of the molecule is CC1CC(C(=O)Nc2cncc(-c3cnc4n[nH]c(-c5nc6c(-c7ccncc7)cccc6[nH]5)c4c3)c2)C1. The van der Waals surface area contributed by atoms with E-state index < -0.39 is 0 Å². The zero-order valence-electron chi connectivity index (χ0n) is 20.6. The average molecular weight is 501 g/mol. The third kappa shape index (κ3) is 3.88. The number of anilines is 1. The second-order valence-corrected chi connectivity index (χ2v) is 9.94. The summed E-state index contributed by atoms with van der Waals surface area (Å²) in [4.78, 5) is 34.0. The van der Waals surface area contributed by atoms with E-state index in [2.05, 4.69) is 48.4 Å². The number of imidazole rings is 1. The standard InChI is InChI=1S/C29H24N8O/c1-16-9-18(10-16)29(38)33-21-11-19(13-31-15-21)20-12-23-26(36-37-27(23)32-14-20)28-34-24-4-2-3-22(25(24)35-28)17-5-7-30-8-6-17/h2-8,11-16,18H,9-10H2,1H3,(H,33,38)(H,34,35)(H,32,36,37). The number of H-pyrrole nitrogens is 2. The second kappa shape index (κ2) is 8.88. The van der Waals surface area contributed by atoms with Crippen LogP contribution in [0.4, 0.5) is 5.69 Å². The van der Waals surface area contributed by atoms with E-state index in [1.807, 2.05) is 36.4 Å². The minimum absolute atomic E-state index is 0.0590. The fraction of sp³-hybridized carbons (Fsp3) is 0.172. The minimum Gasteiger partial charge on any atom is -0.337 e.